The fourth-order valence-corrected chi connectivity index (χ4v) is 1.21. The van der Waals surface area contributed by atoms with Gasteiger partial charge < -0.3 is 5.32 Å². The van der Waals surface area contributed by atoms with Gasteiger partial charge in [0, 0.05) is 36.9 Å². The summed E-state index contributed by atoms with van der Waals surface area (Å²) in [7, 11) is 0. The van der Waals surface area contributed by atoms with Crippen LogP contribution in [-0.2, 0) is 11.3 Å². The summed E-state index contributed by atoms with van der Waals surface area (Å²) in [4.78, 5) is 19.1. The molecule has 0 saturated heterocycles. The van der Waals surface area contributed by atoms with Crippen molar-refractivity contribution in [3.63, 3.8) is 0 Å². The van der Waals surface area contributed by atoms with Crippen LogP contribution in [0.4, 0.5) is 0 Å². The van der Waals surface area contributed by atoms with Crippen molar-refractivity contribution in [3.8, 4) is 0 Å². The molecule has 0 unspecified atom stereocenters. The van der Waals surface area contributed by atoms with Gasteiger partial charge in [0.25, 0.3) is 0 Å². The first-order chi connectivity index (χ1) is 7.29. The van der Waals surface area contributed by atoms with E-state index in [1.807, 2.05) is 6.20 Å². The molecule has 2 aromatic heterocycles. The van der Waals surface area contributed by atoms with Crippen molar-refractivity contribution in [2.75, 3.05) is 0 Å². The van der Waals surface area contributed by atoms with Crippen LogP contribution in [-0.4, -0.2) is 20.3 Å². The summed E-state index contributed by atoms with van der Waals surface area (Å²) < 4.78 is 1.80. The van der Waals surface area contributed by atoms with Crippen LogP contribution in [0.2, 0.25) is 0 Å². The van der Waals surface area contributed by atoms with Crippen LogP contribution in [0.5, 0.6) is 0 Å². The minimum atomic E-state index is -0.194. The maximum absolute atomic E-state index is 10.9. The number of nitrogens with zero attached hydrogens (tertiary/aromatic N) is 3. The fraction of sp³-hybridized carbons (Fsp3) is 0.100. The number of hydrogen-bond donors (Lipinski definition) is 1. The second kappa shape index (κ2) is 3.91. The zero-order valence-corrected chi connectivity index (χ0v) is 8.05. The number of nitrogens with one attached hydrogen (secondary N) is 1. The van der Waals surface area contributed by atoms with Crippen LogP contribution >= 0.6 is 0 Å². The van der Waals surface area contributed by atoms with Crippen LogP contribution in [0.15, 0.2) is 37.4 Å². The molecule has 76 valence electrons. The summed E-state index contributed by atoms with van der Waals surface area (Å²) in [5.74, 6) is 0.453. The van der Waals surface area contributed by atoms with Gasteiger partial charge in [0.1, 0.15) is 0 Å². The third kappa shape index (κ3) is 2.01. The van der Waals surface area contributed by atoms with E-state index >= 15 is 0 Å². The Labute approximate surface area is 86.5 Å². The number of aromatic nitrogens is 3. The minimum absolute atomic E-state index is 0.194. The molecule has 0 fully saturated rings. The van der Waals surface area contributed by atoms with E-state index in [-0.39, 0.29) is 5.91 Å². The average Bonchev–Trinajstić information content (AvgIpc) is 2.72. The van der Waals surface area contributed by atoms with Crippen LogP contribution in [0, 0.1) is 0 Å². The molecular weight excluding hydrogens is 192 g/mol. The lowest BCUT2D eigenvalue weighted by atomic mass is 10.3. The first kappa shape index (κ1) is 9.39. The third-order valence-corrected chi connectivity index (χ3v) is 1.95. The van der Waals surface area contributed by atoms with Gasteiger partial charge in [-0.25, -0.2) is 9.97 Å². The topological polar surface area (TPSA) is 59.3 Å². The van der Waals surface area contributed by atoms with Gasteiger partial charge >= 0.3 is 0 Å². The Morgan fingerprint density at radius 1 is 1.60 bits per heavy atom. The van der Waals surface area contributed by atoms with E-state index in [0.29, 0.717) is 12.3 Å². The number of carbonyl (C=O) groups excluding carboxylic acids is 1. The Morgan fingerprint density at radius 2 is 2.47 bits per heavy atom. The average molecular weight is 202 g/mol. The summed E-state index contributed by atoms with van der Waals surface area (Å²) in [6.45, 7) is 3.81. The standard InChI is InChI=1S/C10H10N4O/c1-2-9(15)12-5-8-6-13-10-11-3-4-14(10)7-8/h2-4,6-7H,1,5H2,(H,12,15). The molecule has 0 atom stereocenters. The Balaban J connectivity index is 2.14. The molecule has 2 rings (SSSR count). The molecule has 2 aromatic rings. The Kier molecular flexibility index (Phi) is 2.45. The zero-order chi connectivity index (χ0) is 10.7. The summed E-state index contributed by atoms with van der Waals surface area (Å²) >= 11 is 0. The molecular formula is C10H10N4O. The number of hydrogen-bond acceptors (Lipinski definition) is 3. The summed E-state index contributed by atoms with van der Waals surface area (Å²) in [5.41, 5.74) is 0.913. The van der Waals surface area contributed by atoms with E-state index in [0.717, 1.165) is 5.56 Å². The number of imidazole rings is 1. The maximum Gasteiger partial charge on any atom is 0.243 e. The molecule has 0 saturated carbocycles. The molecule has 0 aliphatic rings. The highest BCUT2D eigenvalue weighted by Gasteiger charge is 1.99. The molecule has 0 aromatic carbocycles. The molecule has 0 radical (unpaired) electrons. The van der Waals surface area contributed by atoms with Gasteiger partial charge in [-0.3, -0.25) is 9.20 Å². The second-order valence-electron chi connectivity index (χ2n) is 3.02. The summed E-state index contributed by atoms with van der Waals surface area (Å²) in [5, 5.41) is 2.67. The molecule has 1 N–H and O–H groups in total. The van der Waals surface area contributed by atoms with E-state index in [1.54, 1.807) is 23.0 Å². The lowest BCUT2D eigenvalue weighted by Gasteiger charge is -2.02. The van der Waals surface area contributed by atoms with Crippen LogP contribution in [0.3, 0.4) is 0 Å². The molecule has 1 amide bonds. The number of carbonyl (C=O) groups is 1. The van der Waals surface area contributed by atoms with Crippen molar-refractivity contribution < 1.29 is 4.79 Å². The van der Waals surface area contributed by atoms with E-state index in [1.165, 1.54) is 6.08 Å². The van der Waals surface area contributed by atoms with Gasteiger partial charge in [-0.15, -0.1) is 0 Å². The molecule has 15 heavy (non-hydrogen) atoms. The van der Waals surface area contributed by atoms with Crippen molar-refractivity contribution in [2.24, 2.45) is 0 Å². The van der Waals surface area contributed by atoms with E-state index < -0.39 is 0 Å². The number of fused-ring (bicyclic) bond motifs is 1. The minimum Gasteiger partial charge on any atom is -0.348 e. The van der Waals surface area contributed by atoms with Gasteiger partial charge in [-0.1, -0.05) is 6.58 Å². The van der Waals surface area contributed by atoms with E-state index in [4.69, 9.17) is 0 Å². The highest BCUT2D eigenvalue weighted by molar-refractivity contribution is 5.86. The van der Waals surface area contributed by atoms with Gasteiger partial charge in [0.15, 0.2) is 0 Å². The van der Waals surface area contributed by atoms with Crippen molar-refractivity contribution >= 4 is 11.7 Å². The van der Waals surface area contributed by atoms with Gasteiger partial charge in [-0.05, 0) is 6.08 Å². The SMILES string of the molecule is C=CC(=O)NCc1cnc2nccn2c1. The fourth-order valence-electron chi connectivity index (χ4n) is 1.21. The van der Waals surface area contributed by atoms with E-state index in [2.05, 4.69) is 21.9 Å². The highest BCUT2D eigenvalue weighted by atomic mass is 16.1. The normalized spacial score (nSPS) is 10.1. The summed E-state index contributed by atoms with van der Waals surface area (Å²) in [6, 6.07) is 0. The third-order valence-electron chi connectivity index (χ3n) is 1.95. The molecule has 5 nitrogen and oxygen atoms in total. The molecule has 0 aliphatic heterocycles. The lowest BCUT2D eigenvalue weighted by Crippen LogP contribution is -2.20. The van der Waals surface area contributed by atoms with Crippen molar-refractivity contribution in [3.05, 3.63) is 43.0 Å². The highest BCUT2D eigenvalue weighted by Crippen LogP contribution is 2.00. The monoisotopic (exact) mass is 202 g/mol. The molecule has 0 aliphatic carbocycles. The number of amides is 1. The number of rotatable bonds is 3. The summed E-state index contributed by atoms with van der Waals surface area (Å²) in [6.07, 6.45) is 8.28. The smallest absolute Gasteiger partial charge is 0.243 e. The first-order valence-electron chi connectivity index (χ1n) is 4.47. The van der Waals surface area contributed by atoms with Gasteiger partial charge in [-0.2, -0.15) is 0 Å². The predicted octanol–water partition coefficient (Wildman–Crippen LogP) is 0.532. The van der Waals surface area contributed by atoms with Crippen LogP contribution in [0.1, 0.15) is 5.56 Å². The molecule has 5 heteroatoms. The second-order valence-corrected chi connectivity index (χ2v) is 3.02. The largest absolute Gasteiger partial charge is 0.348 e. The molecule has 0 spiro atoms. The Bertz CT molecular complexity index is 503. The predicted molar refractivity (Wildman–Crippen MR) is 55.0 cm³/mol. The van der Waals surface area contributed by atoms with Crippen molar-refractivity contribution in [1.29, 1.82) is 0 Å². The Morgan fingerprint density at radius 3 is 3.27 bits per heavy atom. The van der Waals surface area contributed by atoms with Gasteiger partial charge in [0.2, 0.25) is 11.7 Å². The van der Waals surface area contributed by atoms with E-state index in [9.17, 15) is 4.79 Å². The van der Waals surface area contributed by atoms with Crippen LogP contribution in [0.25, 0.3) is 5.78 Å². The molecule has 0 bridgehead atoms. The maximum atomic E-state index is 10.9. The van der Waals surface area contributed by atoms with Crippen molar-refractivity contribution in [2.45, 2.75) is 6.54 Å². The quantitative estimate of drug-likeness (QED) is 0.738. The first-order valence-corrected chi connectivity index (χ1v) is 4.47. The zero-order valence-electron chi connectivity index (χ0n) is 8.05. The lowest BCUT2D eigenvalue weighted by molar-refractivity contribution is -0.116. The Hall–Kier alpha value is -2.17. The van der Waals surface area contributed by atoms with Gasteiger partial charge in [0.05, 0.1) is 0 Å². The van der Waals surface area contributed by atoms with Crippen LogP contribution < -0.4 is 5.32 Å². The van der Waals surface area contributed by atoms with Crippen molar-refractivity contribution in [1.82, 2.24) is 19.7 Å². The molecule has 2 heterocycles.